The van der Waals surface area contributed by atoms with Crippen LogP contribution in [0, 0.1) is 0 Å². The van der Waals surface area contributed by atoms with Crippen molar-refractivity contribution in [2.24, 2.45) is 0 Å². The fraction of sp³-hybridized carbons (Fsp3) is 0.435. The molecular weight excluding hydrogens is 382 g/mol. The van der Waals surface area contributed by atoms with Crippen LogP contribution in [0.3, 0.4) is 0 Å². The molecule has 0 aliphatic carbocycles. The fourth-order valence-electron chi connectivity index (χ4n) is 3.60. The fourth-order valence-corrected chi connectivity index (χ4v) is 3.60. The van der Waals surface area contributed by atoms with Crippen LogP contribution < -0.4 is 10.2 Å². The van der Waals surface area contributed by atoms with Gasteiger partial charge < -0.3 is 19.7 Å². The molecule has 30 heavy (non-hydrogen) atoms. The number of methoxy groups -OCH3 is 1. The zero-order valence-electron chi connectivity index (χ0n) is 18.0. The number of nitrogens with one attached hydrogen (secondary N) is 1. The minimum Gasteiger partial charge on any atom is -0.465 e. The lowest BCUT2D eigenvalue weighted by Gasteiger charge is -2.36. The number of carbonyl (C=O) groups is 2. The van der Waals surface area contributed by atoms with Gasteiger partial charge in [0.05, 0.1) is 12.8 Å². The second-order valence-corrected chi connectivity index (χ2v) is 8.35. The average molecular weight is 412 g/mol. The van der Waals surface area contributed by atoms with Crippen molar-refractivity contribution in [3.8, 4) is 11.1 Å². The molecule has 3 rings (SSSR count). The molecule has 7 nitrogen and oxygen atoms in total. The number of alkyl carbamates (subject to hydrolysis) is 1. The maximum absolute atomic E-state index is 12.4. The van der Waals surface area contributed by atoms with E-state index in [0.717, 1.165) is 29.7 Å². The third-order valence-electron chi connectivity index (χ3n) is 4.94. The van der Waals surface area contributed by atoms with Crippen molar-refractivity contribution in [1.82, 2.24) is 10.3 Å². The Labute approximate surface area is 177 Å². The standard InChI is InChI=1S/C23H29N3O4/c1-23(2,3)30-22(28)25-17-10-12-26(13-11-17)20-18(16-8-6-5-7-9-16)14-24-15-19(20)21(27)29-4/h5-9,14-15,17H,10-13H2,1-4H3,(H,25,28). The smallest absolute Gasteiger partial charge is 0.407 e. The van der Waals surface area contributed by atoms with Crippen LogP contribution in [0.2, 0.25) is 0 Å². The summed E-state index contributed by atoms with van der Waals surface area (Å²) in [6.07, 6.45) is 4.43. The van der Waals surface area contributed by atoms with E-state index >= 15 is 0 Å². The molecule has 7 heteroatoms. The highest BCUT2D eigenvalue weighted by molar-refractivity contribution is 6.00. The molecule has 1 saturated heterocycles. The molecule has 2 aromatic rings. The summed E-state index contributed by atoms with van der Waals surface area (Å²) < 4.78 is 10.4. The average Bonchev–Trinajstić information content (AvgIpc) is 2.72. The largest absolute Gasteiger partial charge is 0.465 e. The van der Waals surface area contributed by atoms with Crippen LogP contribution in [0.25, 0.3) is 11.1 Å². The minimum absolute atomic E-state index is 0.0275. The van der Waals surface area contributed by atoms with E-state index in [1.807, 2.05) is 51.1 Å². The van der Waals surface area contributed by atoms with E-state index < -0.39 is 17.7 Å². The molecule has 2 heterocycles. The van der Waals surface area contributed by atoms with Gasteiger partial charge in [-0.2, -0.15) is 0 Å². The molecule has 1 fully saturated rings. The molecule has 1 aliphatic heterocycles. The van der Waals surface area contributed by atoms with Gasteiger partial charge in [0.25, 0.3) is 0 Å². The molecule has 160 valence electrons. The summed E-state index contributed by atoms with van der Waals surface area (Å²) in [5.41, 5.74) is 2.61. The summed E-state index contributed by atoms with van der Waals surface area (Å²) in [5, 5.41) is 2.95. The molecule has 1 aliphatic rings. The van der Waals surface area contributed by atoms with Gasteiger partial charge in [-0.1, -0.05) is 30.3 Å². The Balaban J connectivity index is 1.81. The van der Waals surface area contributed by atoms with Crippen molar-refractivity contribution in [2.75, 3.05) is 25.1 Å². The maximum Gasteiger partial charge on any atom is 0.407 e. The Kier molecular flexibility index (Phi) is 6.59. The van der Waals surface area contributed by atoms with Crippen molar-refractivity contribution >= 4 is 17.7 Å². The van der Waals surface area contributed by atoms with E-state index in [1.165, 1.54) is 7.11 Å². The van der Waals surface area contributed by atoms with Crippen LogP contribution in [0.15, 0.2) is 42.7 Å². The van der Waals surface area contributed by atoms with Gasteiger partial charge in [0.15, 0.2) is 0 Å². The highest BCUT2D eigenvalue weighted by Crippen LogP contribution is 2.35. The monoisotopic (exact) mass is 411 g/mol. The maximum atomic E-state index is 12.4. The van der Waals surface area contributed by atoms with Crippen LogP contribution in [0.1, 0.15) is 44.0 Å². The normalized spacial score (nSPS) is 14.9. The lowest BCUT2D eigenvalue weighted by Crippen LogP contribution is -2.46. The molecule has 0 bridgehead atoms. The van der Waals surface area contributed by atoms with Gasteiger partial charge >= 0.3 is 12.1 Å². The third kappa shape index (κ3) is 5.28. The lowest BCUT2D eigenvalue weighted by molar-refractivity contribution is 0.0496. The zero-order valence-corrected chi connectivity index (χ0v) is 18.0. The summed E-state index contributed by atoms with van der Waals surface area (Å²) in [6.45, 7) is 6.91. The lowest BCUT2D eigenvalue weighted by atomic mass is 9.98. The summed E-state index contributed by atoms with van der Waals surface area (Å²) in [6, 6.07) is 9.90. The Hall–Kier alpha value is -3.09. The Bertz CT molecular complexity index is 885. The second kappa shape index (κ2) is 9.15. The number of anilines is 1. The van der Waals surface area contributed by atoms with E-state index in [9.17, 15) is 9.59 Å². The molecule has 1 aromatic carbocycles. The van der Waals surface area contributed by atoms with Gasteiger partial charge in [0.2, 0.25) is 0 Å². The molecular formula is C23H29N3O4. The number of carbonyl (C=O) groups excluding carboxylic acids is 2. The first kappa shape index (κ1) is 21.6. The number of hydrogen-bond acceptors (Lipinski definition) is 6. The topological polar surface area (TPSA) is 80.8 Å². The molecule has 0 atom stereocenters. The van der Waals surface area contributed by atoms with E-state index in [1.54, 1.807) is 12.4 Å². The van der Waals surface area contributed by atoms with Crippen molar-refractivity contribution in [3.05, 3.63) is 48.3 Å². The summed E-state index contributed by atoms with van der Waals surface area (Å²) >= 11 is 0. The van der Waals surface area contributed by atoms with Crippen LogP contribution in [0.5, 0.6) is 0 Å². The number of rotatable bonds is 4. The van der Waals surface area contributed by atoms with E-state index in [2.05, 4.69) is 15.2 Å². The molecule has 1 aromatic heterocycles. The van der Waals surface area contributed by atoms with Gasteiger partial charge in [-0.25, -0.2) is 9.59 Å². The van der Waals surface area contributed by atoms with Gasteiger partial charge in [-0.3, -0.25) is 4.98 Å². The van der Waals surface area contributed by atoms with Crippen LogP contribution in [-0.4, -0.2) is 48.9 Å². The molecule has 1 amide bonds. The quantitative estimate of drug-likeness (QED) is 0.765. The highest BCUT2D eigenvalue weighted by Gasteiger charge is 2.28. The van der Waals surface area contributed by atoms with Gasteiger partial charge in [0.1, 0.15) is 11.2 Å². The molecule has 0 saturated carbocycles. The predicted octanol–water partition coefficient (Wildman–Crippen LogP) is 4.03. The van der Waals surface area contributed by atoms with E-state index in [4.69, 9.17) is 9.47 Å². The number of aromatic nitrogens is 1. The summed E-state index contributed by atoms with van der Waals surface area (Å²) in [4.78, 5) is 31.0. The van der Waals surface area contributed by atoms with Crippen LogP contribution in [-0.2, 0) is 9.47 Å². The van der Waals surface area contributed by atoms with Crippen molar-refractivity contribution in [1.29, 1.82) is 0 Å². The number of nitrogens with zero attached hydrogens (tertiary/aromatic N) is 2. The second-order valence-electron chi connectivity index (χ2n) is 8.35. The number of benzene rings is 1. The van der Waals surface area contributed by atoms with E-state index in [0.29, 0.717) is 18.7 Å². The molecule has 0 unspecified atom stereocenters. The van der Waals surface area contributed by atoms with Gasteiger partial charge in [-0.15, -0.1) is 0 Å². The number of hydrogen-bond donors (Lipinski definition) is 1. The third-order valence-corrected chi connectivity index (χ3v) is 4.94. The molecule has 0 spiro atoms. The number of pyridine rings is 1. The Morgan fingerprint density at radius 3 is 2.37 bits per heavy atom. The van der Waals surface area contributed by atoms with Gasteiger partial charge in [0, 0.05) is 37.1 Å². The van der Waals surface area contributed by atoms with Crippen molar-refractivity contribution in [3.63, 3.8) is 0 Å². The highest BCUT2D eigenvalue weighted by atomic mass is 16.6. The Morgan fingerprint density at radius 2 is 1.77 bits per heavy atom. The summed E-state index contributed by atoms with van der Waals surface area (Å²) in [7, 11) is 1.37. The van der Waals surface area contributed by atoms with Crippen LogP contribution in [0.4, 0.5) is 10.5 Å². The van der Waals surface area contributed by atoms with Crippen LogP contribution >= 0.6 is 0 Å². The number of piperidine rings is 1. The van der Waals surface area contributed by atoms with Crippen molar-refractivity contribution < 1.29 is 19.1 Å². The first-order valence-electron chi connectivity index (χ1n) is 10.1. The number of esters is 1. The number of amides is 1. The molecule has 0 radical (unpaired) electrons. The zero-order chi connectivity index (χ0) is 21.7. The minimum atomic E-state index is -0.526. The number of ether oxygens (including phenoxy) is 2. The first-order chi connectivity index (χ1) is 14.3. The summed E-state index contributed by atoms with van der Waals surface area (Å²) in [5.74, 6) is -0.413. The van der Waals surface area contributed by atoms with Crippen molar-refractivity contribution in [2.45, 2.75) is 45.3 Å². The Morgan fingerprint density at radius 1 is 1.10 bits per heavy atom. The predicted molar refractivity (Wildman–Crippen MR) is 116 cm³/mol. The molecule has 1 N–H and O–H groups in total. The first-order valence-corrected chi connectivity index (χ1v) is 10.1. The van der Waals surface area contributed by atoms with E-state index in [-0.39, 0.29) is 6.04 Å². The van der Waals surface area contributed by atoms with Gasteiger partial charge in [-0.05, 0) is 39.2 Å². The SMILES string of the molecule is COC(=O)c1cncc(-c2ccccc2)c1N1CCC(NC(=O)OC(C)(C)C)CC1.